The minimum atomic E-state index is -0.452. The van der Waals surface area contributed by atoms with Crippen molar-refractivity contribution in [2.75, 3.05) is 11.4 Å². The van der Waals surface area contributed by atoms with Gasteiger partial charge in [0.15, 0.2) is 0 Å². The summed E-state index contributed by atoms with van der Waals surface area (Å²) >= 11 is 0. The number of amides is 2. The van der Waals surface area contributed by atoms with Gasteiger partial charge in [-0.3, -0.25) is 9.59 Å². The zero-order chi connectivity index (χ0) is 12.4. The Morgan fingerprint density at radius 1 is 1.24 bits per heavy atom. The van der Waals surface area contributed by atoms with E-state index in [2.05, 4.69) is 5.32 Å². The molecule has 4 heteroatoms. The SMILES string of the molecule is Cc1ccc(N2CCC(=O)NC(C)C2=O)cc1. The van der Waals surface area contributed by atoms with E-state index in [-0.39, 0.29) is 11.8 Å². The predicted molar refractivity (Wildman–Crippen MR) is 65.8 cm³/mol. The van der Waals surface area contributed by atoms with Crippen LogP contribution in [0, 0.1) is 6.92 Å². The summed E-state index contributed by atoms with van der Waals surface area (Å²) in [6, 6.07) is 7.30. The lowest BCUT2D eigenvalue weighted by atomic mass is 10.2. The van der Waals surface area contributed by atoms with Crippen LogP contribution in [0.25, 0.3) is 0 Å². The maximum atomic E-state index is 12.1. The number of anilines is 1. The van der Waals surface area contributed by atoms with Crippen LogP contribution in [-0.4, -0.2) is 24.4 Å². The molecule has 1 saturated heterocycles. The fourth-order valence-electron chi connectivity index (χ4n) is 1.91. The van der Waals surface area contributed by atoms with Gasteiger partial charge in [-0.15, -0.1) is 0 Å². The fraction of sp³-hybridized carbons (Fsp3) is 0.385. The molecular weight excluding hydrogens is 216 g/mol. The Morgan fingerprint density at radius 2 is 1.88 bits per heavy atom. The van der Waals surface area contributed by atoms with Crippen LogP contribution in [0.4, 0.5) is 5.69 Å². The van der Waals surface area contributed by atoms with Crippen LogP contribution < -0.4 is 10.2 Å². The third-order valence-electron chi connectivity index (χ3n) is 2.92. The molecule has 1 atom stereocenters. The first-order valence-corrected chi connectivity index (χ1v) is 5.75. The minimum Gasteiger partial charge on any atom is -0.345 e. The highest BCUT2D eigenvalue weighted by Gasteiger charge is 2.27. The quantitative estimate of drug-likeness (QED) is 0.792. The molecule has 1 aliphatic heterocycles. The standard InChI is InChI=1S/C13H16N2O2/c1-9-3-5-11(6-4-9)15-8-7-12(16)14-10(2)13(15)17/h3-6,10H,7-8H2,1-2H3,(H,14,16). The molecule has 1 aromatic rings. The summed E-state index contributed by atoms with van der Waals surface area (Å²) in [7, 11) is 0. The van der Waals surface area contributed by atoms with Crippen LogP contribution in [0.2, 0.25) is 0 Å². The van der Waals surface area contributed by atoms with Crippen molar-refractivity contribution in [1.29, 1.82) is 0 Å². The van der Waals surface area contributed by atoms with Crippen molar-refractivity contribution in [3.63, 3.8) is 0 Å². The van der Waals surface area contributed by atoms with Gasteiger partial charge >= 0.3 is 0 Å². The van der Waals surface area contributed by atoms with Gasteiger partial charge in [0, 0.05) is 18.7 Å². The van der Waals surface area contributed by atoms with E-state index in [9.17, 15) is 9.59 Å². The van der Waals surface area contributed by atoms with Gasteiger partial charge in [0.05, 0.1) is 0 Å². The molecule has 0 aliphatic carbocycles. The zero-order valence-electron chi connectivity index (χ0n) is 10.1. The largest absolute Gasteiger partial charge is 0.345 e. The molecule has 1 N–H and O–H groups in total. The number of nitrogens with zero attached hydrogens (tertiary/aromatic N) is 1. The monoisotopic (exact) mass is 232 g/mol. The number of carbonyl (C=O) groups is 2. The first-order chi connectivity index (χ1) is 8.08. The van der Waals surface area contributed by atoms with E-state index >= 15 is 0 Å². The average molecular weight is 232 g/mol. The molecule has 1 aromatic carbocycles. The normalized spacial score (nSPS) is 21.1. The molecule has 0 spiro atoms. The summed E-state index contributed by atoms with van der Waals surface area (Å²) in [5.74, 6) is -0.125. The summed E-state index contributed by atoms with van der Waals surface area (Å²) in [4.78, 5) is 25.1. The van der Waals surface area contributed by atoms with Gasteiger partial charge in [0.25, 0.3) is 0 Å². The minimum absolute atomic E-state index is 0.0558. The lowest BCUT2D eigenvalue weighted by Gasteiger charge is -2.22. The second kappa shape index (κ2) is 4.57. The third-order valence-corrected chi connectivity index (χ3v) is 2.92. The second-order valence-corrected chi connectivity index (χ2v) is 4.36. The zero-order valence-corrected chi connectivity index (χ0v) is 10.1. The lowest BCUT2D eigenvalue weighted by molar-refractivity contribution is -0.125. The van der Waals surface area contributed by atoms with Crippen molar-refractivity contribution >= 4 is 17.5 Å². The Bertz CT molecular complexity index is 439. The average Bonchev–Trinajstić information content (AvgIpc) is 2.42. The number of rotatable bonds is 1. The summed E-state index contributed by atoms with van der Waals surface area (Å²) in [6.45, 7) is 4.16. The molecule has 1 aliphatic rings. The van der Waals surface area contributed by atoms with Crippen LogP contribution >= 0.6 is 0 Å². The number of nitrogens with one attached hydrogen (secondary N) is 1. The van der Waals surface area contributed by atoms with Crippen molar-refractivity contribution < 1.29 is 9.59 Å². The molecule has 2 rings (SSSR count). The lowest BCUT2D eigenvalue weighted by Crippen LogP contribution is -2.42. The first kappa shape index (κ1) is 11.6. The highest BCUT2D eigenvalue weighted by molar-refractivity contribution is 6.00. The van der Waals surface area contributed by atoms with Crippen LogP contribution in [0.1, 0.15) is 18.9 Å². The van der Waals surface area contributed by atoms with Crippen LogP contribution in [0.3, 0.4) is 0 Å². The Balaban J connectivity index is 2.27. The van der Waals surface area contributed by atoms with Crippen molar-refractivity contribution in [3.05, 3.63) is 29.8 Å². The number of hydrogen-bond acceptors (Lipinski definition) is 2. The van der Waals surface area contributed by atoms with E-state index in [1.807, 2.05) is 31.2 Å². The summed E-state index contributed by atoms with van der Waals surface area (Å²) < 4.78 is 0. The Morgan fingerprint density at radius 3 is 2.53 bits per heavy atom. The smallest absolute Gasteiger partial charge is 0.249 e. The molecule has 1 fully saturated rings. The summed E-state index contributed by atoms with van der Waals surface area (Å²) in [5, 5.41) is 2.67. The van der Waals surface area contributed by atoms with Gasteiger partial charge in [-0.05, 0) is 26.0 Å². The van der Waals surface area contributed by atoms with Crippen LogP contribution in [0.15, 0.2) is 24.3 Å². The van der Waals surface area contributed by atoms with Gasteiger partial charge in [0.1, 0.15) is 6.04 Å². The molecule has 1 unspecified atom stereocenters. The molecule has 90 valence electrons. The van der Waals surface area contributed by atoms with E-state index in [1.54, 1.807) is 11.8 Å². The molecule has 0 saturated carbocycles. The van der Waals surface area contributed by atoms with E-state index in [0.29, 0.717) is 13.0 Å². The molecule has 2 amide bonds. The van der Waals surface area contributed by atoms with E-state index in [0.717, 1.165) is 11.3 Å². The number of aryl methyl sites for hydroxylation is 1. The predicted octanol–water partition coefficient (Wildman–Crippen LogP) is 1.24. The van der Waals surface area contributed by atoms with Crippen LogP contribution in [0.5, 0.6) is 0 Å². The second-order valence-electron chi connectivity index (χ2n) is 4.36. The molecule has 1 heterocycles. The van der Waals surface area contributed by atoms with Gasteiger partial charge < -0.3 is 10.2 Å². The van der Waals surface area contributed by atoms with Gasteiger partial charge in [-0.1, -0.05) is 17.7 Å². The molecule has 0 aromatic heterocycles. The van der Waals surface area contributed by atoms with Crippen molar-refractivity contribution in [1.82, 2.24) is 5.32 Å². The third kappa shape index (κ3) is 2.46. The highest BCUT2D eigenvalue weighted by atomic mass is 16.2. The molecular formula is C13H16N2O2. The number of carbonyl (C=O) groups excluding carboxylic acids is 2. The fourth-order valence-corrected chi connectivity index (χ4v) is 1.91. The summed E-state index contributed by atoms with van der Waals surface area (Å²) in [6.07, 6.45) is 0.351. The van der Waals surface area contributed by atoms with Gasteiger partial charge in [-0.2, -0.15) is 0 Å². The van der Waals surface area contributed by atoms with E-state index in [1.165, 1.54) is 0 Å². The maximum absolute atomic E-state index is 12.1. The van der Waals surface area contributed by atoms with Crippen molar-refractivity contribution in [3.8, 4) is 0 Å². The van der Waals surface area contributed by atoms with Crippen molar-refractivity contribution in [2.45, 2.75) is 26.3 Å². The van der Waals surface area contributed by atoms with E-state index in [4.69, 9.17) is 0 Å². The Kier molecular flexibility index (Phi) is 3.13. The van der Waals surface area contributed by atoms with Gasteiger partial charge in [0.2, 0.25) is 11.8 Å². The molecule has 0 radical (unpaired) electrons. The van der Waals surface area contributed by atoms with E-state index < -0.39 is 6.04 Å². The van der Waals surface area contributed by atoms with Gasteiger partial charge in [-0.25, -0.2) is 0 Å². The topological polar surface area (TPSA) is 49.4 Å². The first-order valence-electron chi connectivity index (χ1n) is 5.75. The number of hydrogen-bond donors (Lipinski definition) is 1. The highest BCUT2D eigenvalue weighted by Crippen LogP contribution is 2.18. The maximum Gasteiger partial charge on any atom is 0.249 e. The molecule has 17 heavy (non-hydrogen) atoms. The Labute approximate surface area is 101 Å². The molecule has 4 nitrogen and oxygen atoms in total. The molecule has 0 bridgehead atoms. The Hall–Kier alpha value is -1.84. The summed E-state index contributed by atoms with van der Waals surface area (Å²) in [5.41, 5.74) is 2.00. The van der Waals surface area contributed by atoms with Crippen LogP contribution in [-0.2, 0) is 9.59 Å². The van der Waals surface area contributed by atoms with Crippen molar-refractivity contribution in [2.24, 2.45) is 0 Å². The number of benzene rings is 1.